The Balaban J connectivity index is 2.22. The highest BCUT2D eigenvalue weighted by molar-refractivity contribution is 5.60. The van der Waals surface area contributed by atoms with E-state index in [4.69, 9.17) is 4.98 Å². The maximum atomic E-state index is 4.78. The molecular formula is C15H26N4. The third-order valence-electron chi connectivity index (χ3n) is 3.79. The van der Waals surface area contributed by atoms with Gasteiger partial charge in [0, 0.05) is 45.8 Å². The molecule has 0 bridgehead atoms. The van der Waals surface area contributed by atoms with Crippen molar-refractivity contribution < 1.29 is 0 Å². The number of nitrogens with zero attached hydrogens (tertiary/aromatic N) is 4. The van der Waals surface area contributed by atoms with Gasteiger partial charge in [-0.3, -0.25) is 0 Å². The van der Waals surface area contributed by atoms with Gasteiger partial charge in [0.15, 0.2) is 0 Å². The van der Waals surface area contributed by atoms with Crippen molar-refractivity contribution in [3.8, 4) is 0 Å². The zero-order valence-corrected chi connectivity index (χ0v) is 12.7. The van der Waals surface area contributed by atoms with Crippen molar-refractivity contribution >= 4 is 5.70 Å². The second-order valence-electron chi connectivity index (χ2n) is 5.29. The van der Waals surface area contributed by atoms with Gasteiger partial charge in [0.05, 0.1) is 5.70 Å². The molecular weight excluding hydrogens is 236 g/mol. The van der Waals surface area contributed by atoms with Crippen LogP contribution in [-0.2, 0) is 13.5 Å². The van der Waals surface area contributed by atoms with E-state index in [1.807, 2.05) is 0 Å². The number of hydrogen-bond donors (Lipinski definition) is 0. The maximum absolute atomic E-state index is 4.78. The number of allylic oxidation sites excluding steroid dienone is 1. The number of hydrogen-bond acceptors (Lipinski definition) is 3. The summed E-state index contributed by atoms with van der Waals surface area (Å²) < 4.78 is 2.15. The molecule has 0 saturated carbocycles. The largest absolute Gasteiger partial charge is 0.367 e. The lowest BCUT2D eigenvalue weighted by molar-refractivity contribution is 0.206. The van der Waals surface area contributed by atoms with Crippen molar-refractivity contribution in [2.45, 2.75) is 26.7 Å². The summed E-state index contributed by atoms with van der Waals surface area (Å²) in [5, 5.41) is 0. The fourth-order valence-electron chi connectivity index (χ4n) is 2.59. The first kappa shape index (κ1) is 14.1. The van der Waals surface area contributed by atoms with Gasteiger partial charge in [-0.1, -0.05) is 19.9 Å². The van der Waals surface area contributed by atoms with Gasteiger partial charge in [-0.15, -0.1) is 0 Å². The normalized spacial score (nSPS) is 18.1. The molecule has 0 amide bonds. The predicted octanol–water partition coefficient (Wildman–Crippen LogP) is 1.98. The van der Waals surface area contributed by atoms with E-state index >= 15 is 0 Å². The molecule has 4 nitrogen and oxygen atoms in total. The minimum absolute atomic E-state index is 0.985. The molecule has 0 aromatic carbocycles. The molecule has 1 saturated heterocycles. The van der Waals surface area contributed by atoms with E-state index in [0.29, 0.717) is 0 Å². The monoisotopic (exact) mass is 262 g/mol. The summed E-state index contributed by atoms with van der Waals surface area (Å²) in [4.78, 5) is 9.64. The molecule has 19 heavy (non-hydrogen) atoms. The fraction of sp³-hybridized carbons (Fsp3) is 0.667. The van der Waals surface area contributed by atoms with E-state index in [-0.39, 0.29) is 0 Å². The first-order chi connectivity index (χ1) is 9.15. The Morgan fingerprint density at radius 1 is 1.21 bits per heavy atom. The summed E-state index contributed by atoms with van der Waals surface area (Å²) >= 11 is 0. The first-order valence-corrected chi connectivity index (χ1v) is 7.32. The van der Waals surface area contributed by atoms with Crippen LogP contribution in [-0.4, -0.2) is 52.6 Å². The number of piperazine rings is 1. The van der Waals surface area contributed by atoms with Crippen molar-refractivity contribution in [1.29, 1.82) is 0 Å². The van der Waals surface area contributed by atoms with Crippen LogP contribution in [0.3, 0.4) is 0 Å². The zero-order chi connectivity index (χ0) is 13.8. The molecule has 2 heterocycles. The Kier molecular flexibility index (Phi) is 4.64. The van der Waals surface area contributed by atoms with Gasteiger partial charge in [0.2, 0.25) is 0 Å². The topological polar surface area (TPSA) is 24.3 Å². The number of rotatable bonds is 4. The third-order valence-corrected chi connectivity index (χ3v) is 3.79. The molecule has 4 heteroatoms. The van der Waals surface area contributed by atoms with Gasteiger partial charge in [-0.2, -0.15) is 0 Å². The van der Waals surface area contributed by atoms with Crippen LogP contribution >= 0.6 is 0 Å². The van der Waals surface area contributed by atoms with Gasteiger partial charge >= 0.3 is 0 Å². The minimum Gasteiger partial charge on any atom is -0.367 e. The highest BCUT2D eigenvalue weighted by Crippen LogP contribution is 2.21. The SMILES string of the molecule is CCC=C(c1cn(C)c(CC)n1)N1CCN(C)CC1. The van der Waals surface area contributed by atoms with E-state index in [2.05, 4.69) is 54.6 Å². The van der Waals surface area contributed by atoms with Crippen molar-refractivity contribution in [3.05, 3.63) is 23.8 Å². The van der Waals surface area contributed by atoms with Gasteiger partial charge in [0.1, 0.15) is 11.5 Å². The molecule has 1 aliphatic rings. The Bertz CT molecular complexity index is 439. The Morgan fingerprint density at radius 2 is 1.89 bits per heavy atom. The summed E-state index contributed by atoms with van der Waals surface area (Å²) in [6.45, 7) is 8.81. The highest BCUT2D eigenvalue weighted by Gasteiger charge is 2.19. The van der Waals surface area contributed by atoms with Crippen LogP contribution in [0.2, 0.25) is 0 Å². The number of likely N-dealkylation sites (N-methyl/N-ethyl adjacent to an activating group) is 1. The fourth-order valence-corrected chi connectivity index (χ4v) is 2.59. The van der Waals surface area contributed by atoms with Crippen molar-refractivity contribution in [2.24, 2.45) is 7.05 Å². The van der Waals surface area contributed by atoms with Crippen LogP contribution in [0, 0.1) is 0 Å². The smallest absolute Gasteiger partial charge is 0.108 e. The van der Waals surface area contributed by atoms with Gasteiger partial charge < -0.3 is 14.4 Å². The van der Waals surface area contributed by atoms with Crippen molar-refractivity contribution in [3.63, 3.8) is 0 Å². The molecule has 0 N–H and O–H groups in total. The molecule has 0 atom stereocenters. The standard InChI is InChI=1S/C15H26N4/c1-5-7-14(19-10-8-17(3)9-11-19)13-12-18(4)15(6-2)16-13/h7,12H,5-6,8-11H2,1-4H3. The molecule has 0 aliphatic carbocycles. The van der Waals surface area contributed by atoms with E-state index in [0.717, 1.165) is 50.5 Å². The molecule has 0 radical (unpaired) electrons. The van der Waals surface area contributed by atoms with Crippen molar-refractivity contribution in [2.75, 3.05) is 33.2 Å². The Morgan fingerprint density at radius 3 is 2.42 bits per heavy atom. The van der Waals surface area contributed by atoms with E-state index in [9.17, 15) is 0 Å². The van der Waals surface area contributed by atoms with E-state index in [1.165, 1.54) is 5.70 Å². The maximum Gasteiger partial charge on any atom is 0.108 e. The average molecular weight is 262 g/mol. The summed E-state index contributed by atoms with van der Waals surface area (Å²) in [5.41, 5.74) is 2.44. The lowest BCUT2D eigenvalue weighted by Gasteiger charge is -2.35. The van der Waals surface area contributed by atoms with Crippen LogP contribution in [0.5, 0.6) is 0 Å². The average Bonchev–Trinajstić information content (AvgIpc) is 2.78. The molecule has 1 fully saturated rings. The van der Waals surface area contributed by atoms with Gasteiger partial charge in [-0.05, 0) is 13.5 Å². The Hall–Kier alpha value is -1.29. The summed E-state index contributed by atoms with van der Waals surface area (Å²) in [6, 6.07) is 0. The molecule has 1 aromatic rings. The molecule has 2 rings (SSSR count). The second-order valence-corrected chi connectivity index (χ2v) is 5.29. The number of aromatic nitrogens is 2. The Labute approximate surface area is 116 Å². The van der Waals surface area contributed by atoms with Crippen LogP contribution in [0.4, 0.5) is 0 Å². The molecule has 0 spiro atoms. The summed E-state index contributed by atoms with van der Waals surface area (Å²) in [6.07, 6.45) is 6.52. The predicted molar refractivity (Wildman–Crippen MR) is 79.9 cm³/mol. The zero-order valence-electron chi connectivity index (χ0n) is 12.7. The van der Waals surface area contributed by atoms with Crippen molar-refractivity contribution in [1.82, 2.24) is 19.4 Å². The molecule has 0 unspecified atom stereocenters. The number of imidazole rings is 1. The third kappa shape index (κ3) is 3.18. The second kappa shape index (κ2) is 6.24. The van der Waals surface area contributed by atoms with Crippen LogP contribution in [0.25, 0.3) is 5.70 Å². The minimum atomic E-state index is 0.985. The highest BCUT2D eigenvalue weighted by atomic mass is 15.3. The molecule has 1 aromatic heterocycles. The summed E-state index contributed by atoms with van der Waals surface area (Å²) in [5.74, 6) is 1.16. The molecule has 106 valence electrons. The lowest BCUT2D eigenvalue weighted by atomic mass is 10.2. The van der Waals surface area contributed by atoms with Crippen LogP contribution in [0.15, 0.2) is 12.3 Å². The summed E-state index contributed by atoms with van der Waals surface area (Å²) in [7, 11) is 4.28. The van der Waals surface area contributed by atoms with Gasteiger partial charge in [0.25, 0.3) is 0 Å². The van der Waals surface area contributed by atoms with E-state index in [1.54, 1.807) is 0 Å². The van der Waals surface area contributed by atoms with Crippen LogP contribution < -0.4 is 0 Å². The first-order valence-electron chi connectivity index (χ1n) is 7.32. The van der Waals surface area contributed by atoms with Crippen LogP contribution in [0.1, 0.15) is 31.8 Å². The van der Waals surface area contributed by atoms with Gasteiger partial charge in [-0.25, -0.2) is 4.98 Å². The lowest BCUT2D eigenvalue weighted by Crippen LogP contribution is -2.43. The quantitative estimate of drug-likeness (QED) is 0.829. The number of aryl methyl sites for hydroxylation is 2. The van der Waals surface area contributed by atoms with E-state index < -0.39 is 0 Å². The molecule has 1 aliphatic heterocycles.